The molecule has 0 aliphatic rings. The molecule has 37 valence electrons. The smallest absolute Gasteiger partial charge is 0.227 e. The summed E-state index contributed by atoms with van der Waals surface area (Å²) < 4.78 is 31.4. The van der Waals surface area contributed by atoms with Crippen molar-refractivity contribution in [3.63, 3.8) is 0 Å². The van der Waals surface area contributed by atoms with E-state index in [4.69, 9.17) is 5.11 Å². The van der Waals surface area contributed by atoms with Crippen LogP contribution in [0.25, 0.3) is 0 Å². The summed E-state index contributed by atoms with van der Waals surface area (Å²) in [6.45, 7) is -1.98. The van der Waals surface area contributed by atoms with Crippen LogP contribution in [-0.2, 0) is 5.11 Å². The van der Waals surface area contributed by atoms with E-state index in [0.717, 1.165) is 0 Å². The lowest BCUT2D eigenvalue weighted by Gasteiger charge is -1.93. The summed E-state index contributed by atoms with van der Waals surface area (Å²) in [5.41, 5.74) is 0. The second kappa shape index (κ2) is 1.47. The van der Waals surface area contributed by atoms with Gasteiger partial charge in [0.25, 0.3) is 0 Å². The quantitative estimate of drug-likeness (QED) is 0.431. The molecule has 0 atom stereocenters. The van der Waals surface area contributed by atoms with Crippen LogP contribution in [0.1, 0.15) is 0 Å². The predicted molar refractivity (Wildman–Crippen MR) is 11.6 cm³/mol. The molecule has 1 radical (unpaired) electrons. The van der Waals surface area contributed by atoms with Gasteiger partial charge in [-0.15, -0.1) is 0 Å². The predicted octanol–water partition coefficient (Wildman–Crippen LogP) is 0.979. The van der Waals surface area contributed by atoms with Gasteiger partial charge >= 0.3 is 6.18 Å². The monoisotopic (exact) mass is 99.0 g/mol. The molecule has 0 aromatic rings. The molecule has 0 heterocycles. The Balaban J connectivity index is 3.17. The van der Waals surface area contributed by atoms with E-state index in [1.165, 1.54) is 0 Å². The fourth-order valence-corrected chi connectivity index (χ4v) is 0. The van der Waals surface area contributed by atoms with Crippen molar-refractivity contribution in [3.8, 4) is 0 Å². The van der Waals surface area contributed by atoms with Crippen molar-refractivity contribution in [2.75, 3.05) is 6.61 Å². The highest BCUT2D eigenvalue weighted by Gasteiger charge is 2.25. The Morgan fingerprint density at radius 3 is 1.50 bits per heavy atom. The third-order valence-electron chi connectivity index (χ3n) is 0.164. The van der Waals surface area contributed by atoms with Crippen molar-refractivity contribution in [1.29, 1.82) is 0 Å². The summed E-state index contributed by atoms with van der Waals surface area (Å²) in [7, 11) is 0. The van der Waals surface area contributed by atoms with E-state index in [9.17, 15) is 13.2 Å². The summed E-state index contributed by atoms with van der Waals surface area (Å²) in [5, 5.41) is 8.83. The summed E-state index contributed by atoms with van der Waals surface area (Å²) in [6.07, 6.45) is -4.51. The maximum absolute atomic E-state index is 10.5. The molecule has 1 nitrogen and oxygen atoms in total. The second-order valence-electron chi connectivity index (χ2n) is 0.760. The first-order valence-electron chi connectivity index (χ1n) is 1.21. The zero-order valence-electron chi connectivity index (χ0n) is 2.75. The molecule has 0 saturated heterocycles. The van der Waals surface area contributed by atoms with E-state index in [0.29, 0.717) is 0 Å². The van der Waals surface area contributed by atoms with Crippen molar-refractivity contribution in [2.45, 2.75) is 6.18 Å². The van der Waals surface area contributed by atoms with Crippen LogP contribution in [0.15, 0.2) is 0 Å². The largest absolute Gasteiger partial charge is 0.414 e. The zero-order valence-corrected chi connectivity index (χ0v) is 2.75. The molecule has 0 N–H and O–H groups in total. The van der Waals surface area contributed by atoms with Crippen LogP contribution in [0.4, 0.5) is 13.2 Å². The molecule has 0 saturated carbocycles. The van der Waals surface area contributed by atoms with Crippen LogP contribution in [0, 0.1) is 0 Å². The van der Waals surface area contributed by atoms with Crippen LogP contribution in [0.3, 0.4) is 0 Å². The van der Waals surface area contributed by atoms with E-state index < -0.39 is 12.8 Å². The maximum atomic E-state index is 10.5. The van der Waals surface area contributed by atoms with E-state index in [1.54, 1.807) is 0 Å². The van der Waals surface area contributed by atoms with Crippen LogP contribution in [-0.4, -0.2) is 12.8 Å². The molecule has 6 heavy (non-hydrogen) atoms. The zero-order chi connectivity index (χ0) is 5.21. The summed E-state index contributed by atoms with van der Waals surface area (Å²) in [4.78, 5) is 0. The maximum Gasteiger partial charge on any atom is 0.414 e. The first kappa shape index (κ1) is 5.75. The molecule has 0 unspecified atom stereocenters. The first-order valence-corrected chi connectivity index (χ1v) is 1.21. The molecular weight excluding hydrogens is 97.0 g/mol. The van der Waals surface area contributed by atoms with Gasteiger partial charge < -0.3 is 0 Å². The fraction of sp³-hybridized carbons (Fsp3) is 1.00. The molecule has 0 fully saturated rings. The van der Waals surface area contributed by atoms with Crippen molar-refractivity contribution in [2.24, 2.45) is 0 Å². The highest BCUT2D eigenvalue weighted by atomic mass is 19.4. The fourth-order valence-electron chi connectivity index (χ4n) is 0. The Kier molecular flexibility index (Phi) is 1.40. The number of hydrogen-bond acceptors (Lipinski definition) is 0. The molecule has 0 aliphatic carbocycles. The lowest BCUT2D eigenvalue weighted by molar-refractivity contribution is -0.173. The minimum absolute atomic E-state index is 1.98. The van der Waals surface area contributed by atoms with Gasteiger partial charge in [-0.2, -0.15) is 13.2 Å². The molecule has 0 spiro atoms. The van der Waals surface area contributed by atoms with Gasteiger partial charge in [0.15, 0.2) is 6.61 Å². The van der Waals surface area contributed by atoms with E-state index >= 15 is 0 Å². The Morgan fingerprint density at radius 1 is 1.33 bits per heavy atom. The standard InChI is InChI=1S/C2H2F3O/c3-2(4,5)1-6/h1H2. The Hall–Kier alpha value is -0.250. The van der Waals surface area contributed by atoms with Gasteiger partial charge in [-0.3, -0.25) is 0 Å². The summed E-state index contributed by atoms with van der Waals surface area (Å²) in [5.74, 6) is 0. The molecule has 0 aromatic carbocycles. The van der Waals surface area contributed by atoms with Crippen LogP contribution in [0.2, 0.25) is 0 Å². The Labute approximate surface area is 32.4 Å². The van der Waals surface area contributed by atoms with Gasteiger partial charge in [-0.25, -0.2) is 5.11 Å². The van der Waals surface area contributed by atoms with Gasteiger partial charge in [-0.05, 0) is 0 Å². The summed E-state index contributed by atoms with van der Waals surface area (Å²) >= 11 is 0. The van der Waals surface area contributed by atoms with Crippen LogP contribution >= 0.6 is 0 Å². The highest BCUT2D eigenvalue weighted by Crippen LogP contribution is 2.11. The van der Waals surface area contributed by atoms with Gasteiger partial charge in [0.2, 0.25) is 0 Å². The van der Waals surface area contributed by atoms with E-state index in [-0.39, 0.29) is 0 Å². The minimum atomic E-state index is -4.51. The number of rotatable bonds is 0. The number of hydrogen-bond donors (Lipinski definition) is 0. The molecule has 0 amide bonds. The molecule has 4 heteroatoms. The van der Waals surface area contributed by atoms with Crippen molar-refractivity contribution in [3.05, 3.63) is 0 Å². The third-order valence-corrected chi connectivity index (χ3v) is 0.164. The molecule has 0 aliphatic heterocycles. The van der Waals surface area contributed by atoms with Crippen molar-refractivity contribution >= 4 is 0 Å². The number of halogens is 3. The summed E-state index contributed by atoms with van der Waals surface area (Å²) in [6, 6.07) is 0. The SMILES string of the molecule is [O]CC(F)(F)F. The molecule has 0 bridgehead atoms. The Morgan fingerprint density at radius 2 is 1.50 bits per heavy atom. The van der Waals surface area contributed by atoms with Crippen molar-refractivity contribution < 1.29 is 18.3 Å². The Bertz CT molecular complexity index is 38.5. The van der Waals surface area contributed by atoms with Gasteiger partial charge in [0, 0.05) is 0 Å². The highest BCUT2D eigenvalue weighted by molar-refractivity contribution is 4.38. The topological polar surface area (TPSA) is 19.9 Å². The van der Waals surface area contributed by atoms with E-state index in [1.807, 2.05) is 0 Å². The average molecular weight is 99.0 g/mol. The van der Waals surface area contributed by atoms with Crippen LogP contribution < -0.4 is 0 Å². The molecule has 0 aromatic heterocycles. The normalized spacial score (nSPS) is 12.0. The average Bonchev–Trinajstić information content (AvgIpc) is 1.35. The third kappa shape index (κ3) is 3.75. The van der Waals surface area contributed by atoms with Gasteiger partial charge in [0.05, 0.1) is 0 Å². The van der Waals surface area contributed by atoms with Gasteiger partial charge in [-0.1, -0.05) is 0 Å². The molecular formula is C2H2F3O. The lowest BCUT2D eigenvalue weighted by atomic mass is 10.7. The van der Waals surface area contributed by atoms with Crippen molar-refractivity contribution in [1.82, 2.24) is 0 Å². The van der Waals surface area contributed by atoms with Gasteiger partial charge in [0.1, 0.15) is 0 Å². The number of alkyl halides is 3. The second-order valence-corrected chi connectivity index (χ2v) is 0.760. The minimum Gasteiger partial charge on any atom is -0.227 e. The lowest BCUT2D eigenvalue weighted by Crippen LogP contribution is -2.11. The molecule has 0 rings (SSSR count). The van der Waals surface area contributed by atoms with Crippen LogP contribution in [0.5, 0.6) is 0 Å². The first-order chi connectivity index (χ1) is 2.56. The van der Waals surface area contributed by atoms with E-state index in [2.05, 4.69) is 0 Å².